The molecule has 1 saturated heterocycles. The third kappa shape index (κ3) is 3.70. The van der Waals surface area contributed by atoms with Crippen molar-refractivity contribution in [2.75, 3.05) is 13.1 Å². The molecule has 1 aliphatic heterocycles. The van der Waals surface area contributed by atoms with Gasteiger partial charge in [0.25, 0.3) is 0 Å². The molecule has 21 heavy (non-hydrogen) atoms. The van der Waals surface area contributed by atoms with Crippen molar-refractivity contribution in [2.24, 2.45) is 13.0 Å². The van der Waals surface area contributed by atoms with E-state index in [2.05, 4.69) is 45.5 Å². The molecular weight excluding hydrogens is 260 g/mol. The van der Waals surface area contributed by atoms with Gasteiger partial charge in [-0.1, -0.05) is 6.07 Å². The van der Waals surface area contributed by atoms with Crippen LogP contribution in [-0.4, -0.2) is 32.5 Å². The van der Waals surface area contributed by atoms with Gasteiger partial charge in [-0.25, -0.2) is 4.98 Å². The van der Waals surface area contributed by atoms with Crippen molar-refractivity contribution >= 4 is 0 Å². The summed E-state index contributed by atoms with van der Waals surface area (Å²) in [6.45, 7) is 5.40. The van der Waals surface area contributed by atoms with E-state index >= 15 is 0 Å². The van der Waals surface area contributed by atoms with Crippen molar-refractivity contribution in [3.05, 3.63) is 47.8 Å². The smallest absolute Gasteiger partial charge is 0.108 e. The number of nitrogens with zero attached hydrogens (tertiary/aromatic N) is 4. The summed E-state index contributed by atoms with van der Waals surface area (Å²) in [6.07, 6.45) is 9.57. The predicted octanol–water partition coefficient (Wildman–Crippen LogP) is 2.58. The average molecular weight is 284 g/mol. The lowest BCUT2D eigenvalue weighted by Crippen LogP contribution is -2.36. The zero-order valence-electron chi connectivity index (χ0n) is 13.0. The maximum atomic E-state index is 4.53. The Labute approximate surface area is 126 Å². The zero-order valence-corrected chi connectivity index (χ0v) is 13.0. The van der Waals surface area contributed by atoms with Crippen LogP contribution in [0.3, 0.4) is 0 Å². The van der Waals surface area contributed by atoms with Crippen LogP contribution >= 0.6 is 0 Å². The standard InChI is InChI=1S/C17H24N4/c1-14-5-6-16(19-11-14)13-21-8-3-4-15(12-21)10-17-18-7-9-20(17)2/h5-7,9,11,15H,3-4,8,10,12-13H2,1-2H3/t15-/m0/s1. The lowest BCUT2D eigenvalue weighted by molar-refractivity contribution is 0.163. The highest BCUT2D eigenvalue weighted by Gasteiger charge is 2.21. The topological polar surface area (TPSA) is 34.0 Å². The molecule has 0 aliphatic carbocycles. The Balaban J connectivity index is 1.58. The molecule has 1 fully saturated rings. The van der Waals surface area contributed by atoms with Gasteiger partial charge in [-0.15, -0.1) is 0 Å². The van der Waals surface area contributed by atoms with Crippen molar-refractivity contribution < 1.29 is 0 Å². The van der Waals surface area contributed by atoms with Crippen LogP contribution in [0.1, 0.15) is 29.9 Å². The summed E-state index contributed by atoms with van der Waals surface area (Å²) in [5.41, 5.74) is 2.41. The van der Waals surface area contributed by atoms with Gasteiger partial charge in [0.15, 0.2) is 0 Å². The lowest BCUT2D eigenvalue weighted by Gasteiger charge is -2.32. The number of aromatic nitrogens is 3. The van der Waals surface area contributed by atoms with Crippen molar-refractivity contribution in [3.63, 3.8) is 0 Å². The van der Waals surface area contributed by atoms with E-state index < -0.39 is 0 Å². The van der Waals surface area contributed by atoms with Crippen LogP contribution in [0.25, 0.3) is 0 Å². The number of hydrogen-bond acceptors (Lipinski definition) is 3. The summed E-state index contributed by atoms with van der Waals surface area (Å²) in [5, 5.41) is 0. The zero-order chi connectivity index (χ0) is 14.7. The van der Waals surface area contributed by atoms with Crippen LogP contribution in [0.2, 0.25) is 0 Å². The summed E-state index contributed by atoms with van der Waals surface area (Å²) in [7, 11) is 2.08. The van der Waals surface area contributed by atoms with Gasteiger partial charge in [0.2, 0.25) is 0 Å². The predicted molar refractivity (Wildman–Crippen MR) is 83.9 cm³/mol. The number of piperidine rings is 1. The number of likely N-dealkylation sites (tertiary alicyclic amines) is 1. The third-order valence-electron chi connectivity index (χ3n) is 4.35. The molecule has 1 aliphatic rings. The van der Waals surface area contributed by atoms with E-state index in [4.69, 9.17) is 0 Å². The van der Waals surface area contributed by atoms with Crippen molar-refractivity contribution in [2.45, 2.75) is 32.7 Å². The maximum Gasteiger partial charge on any atom is 0.108 e. The number of hydrogen-bond donors (Lipinski definition) is 0. The van der Waals surface area contributed by atoms with Gasteiger partial charge < -0.3 is 4.57 Å². The SMILES string of the molecule is Cc1ccc(CN2CCC[C@@H](Cc3nccn3C)C2)nc1. The van der Waals surface area contributed by atoms with E-state index in [1.807, 2.05) is 18.6 Å². The van der Waals surface area contributed by atoms with Gasteiger partial charge in [-0.3, -0.25) is 9.88 Å². The number of rotatable bonds is 4. The lowest BCUT2D eigenvalue weighted by atomic mass is 9.94. The fourth-order valence-electron chi connectivity index (χ4n) is 3.13. The Kier molecular flexibility index (Phi) is 4.34. The van der Waals surface area contributed by atoms with E-state index in [0.717, 1.165) is 19.5 Å². The van der Waals surface area contributed by atoms with E-state index in [1.54, 1.807) is 0 Å². The van der Waals surface area contributed by atoms with Crippen LogP contribution in [0.5, 0.6) is 0 Å². The summed E-state index contributed by atoms with van der Waals surface area (Å²) >= 11 is 0. The van der Waals surface area contributed by atoms with Gasteiger partial charge >= 0.3 is 0 Å². The molecule has 0 radical (unpaired) electrons. The van der Waals surface area contributed by atoms with Gasteiger partial charge in [0, 0.05) is 45.1 Å². The van der Waals surface area contributed by atoms with E-state index in [-0.39, 0.29) is 0 Å². The van der Waals surface area contributed by atoms with Crippen LogP contribution in [-0.2, 0) is 20.0 Å². The second-order valence-corrected chi connectivity index (χ2v) is 6.23. The van der Waals surface area contributed by atoms with E-state index in [9.17, 15) is 0 Å². The van der Waals surface area contributed by atoms with Gasteiger partial charge in [-0.2, -0.15) is 0 Å². The molecule has 0 amide bonds. The Hall–Kier alpha value is -1.68. The maximum absolute atomic E-state index is 4.53. The molecule has 4 nitrogen and oxygen atoms in total. The first-order valence-electron chi connectivity index (χ1n) is 7.81. The first-order chi connectivity index (χ1) is 10.2. The van der Waals surface area contributed by atoms with E-state index in [0.29, 0.717) is 5.92 Å². The monoisotopic (exact) mass is 284 g/mol. The normalized spacial score (nSPS) is 19.8. The molecule has 3 heterocycles. The minimum absolute atomic E-state index is 0.713. The molecule has 3 rings (SSSR count). The van der Waals surface area contributed by atoms with Crippen LogP contribution in [0.15, 0.2) is 30.7 Å². The Bertz CT molecular complexity index is 573. The second kappa shape index (κ2) is 6.39. The molecule has 112 valence electrons. The number of aryl methyl sites for hydroxylation is 2. The Morgan fingerprint density at radius 3 is 2.90 bits per heavy atom. The van der Waals surface area contributed by atoms with Crippen LogP contribution < -0.4 is 0 Å². The molecule has 0 aromatic carbocycles. The molecule has 0 saturated carbocycles. The Morgan fingerprint density at radius 1 is 1.29 bits per heavy atom. The minimum atomic E-state index is 0.713. The largest absolute Gasteiger partial charge is 0.338 e. The molecule has 0 bridgehead atoms. The summed E-state index contributed by atoms with van der Waals surface area (Å²) < 4.78 is 2.14. The Morgan fingerprint density at radius 2 is 2.19 bits per heavy atom. The molecule has 0 spiro atoms. The van der Waals surface area contributed by atoms with Crippen LogP contribution in [0, 0.1) is 12.8 Å². The molecule has 0 unspecified atom stereocenters. The quantitative estimate of drug-likeness (QED) is 0.865. The highest BCUT2D eigenvalue weighted by molar-refractivity contribution is 5.12. The second-order valence-electron chi connectivity index (χ2n) is 6.23. The first-order valence-corrected chi connectivity index (χ1v) is 7.81. The molecule has 2 aromatic heterocycles. The third-order valence-corrected chi connectivity index (χ3v) is 4.35. The first kappa shape index (κ1) is 14.3. The molecule has 4 heteroatoms. The molecule has 2 aromatic rings. The molecule has 0 N–H and O–H groups in total. The van der Waals surface area contributed by atoms with Crippen molar-refractivity contribution in [3.8, 4) is 0 Å². The van der Waals surface area contributed by atoms with Crippen LogP contribution in [0.4, 0.5) is 0 Å². The van der Waals surface area contributed by atoms with Gasteiger partial charge in [0.05, 0.1) is 5.69 Å². The van der Waals surface area contributed by atoms with Crippen molar-refractivity contribution in [1.29, 1.82) is 0 Å². The minimum Gasteiger partial charge on any atom is -0.338 e. The fraction of sp³-hybridized carbons (Fsp3) is 0.529. The summed E-state index contributed by atoms with van der Waals surface area (Å²) in [6, 6.07) is 4.30. The number of imidazole rings is 1. The molecular formula is C17H24N4. The average Bonchev–Trinajstić information content (AvgIpc) is 2.87. The highest BCUT2D eigenvalue weighted by Crippen LogP contribution is 2.21. The van der Waals surface area contributed by atoms with Gasteiger partial charge in [-0.05, 0) is 43.9 Å². The van der Waals surface area contributed by atoms with E-state index in [1.165, 1.54) is 36.5 Å². The number of pyridine rings is 1. The van der Waals surface area contributed by atoms with Crippen molar-refractivity contribution in [1.82, 2.24) is 19.4 Å². The summed E-state index contributed by atoms with van der Waals surface area (Å²) in [5.74, 6) is 1.92. The summed E-state index contributed by atoms with van der Waals surface area (Å²) in [4.78, 5) is 11.5. The van der Waals surface area contributed by atoms with Gasteiger partial charge in [0.1, 0.15) is 5.82 Å². The fourth-order valence-corrected chi connectivity index (χ4v) is 3.13. The molecule has 1 atom stereocenters. The highest BCUT2D eigenvalue weighted by atomic mass is 15.1.